The van der Waals surface area contributed by atoms with E-state index in [1.54, 1.807) is 10.8 Å². The lowest BCUT2D eigenvalue weighted by atomic mass is 10.2. The summed E-state index contributed by atoms with van der Waals surface area (Å²) in [6, 6.07) is 10.6. The number of nitrogens with zero attached hydrogens (tertiary/aromatic N) is 4. The Kier molecular flexibility index (Phi) is 5.08. The van der Waals surface area contributed by atoms with Gasteiger partial charge in [-0.25, -0.2) is 9.78 Å². The molecule has 1 aliphatic rings. The van der Waals surface area contributed by atoms with Crippen molar-refractivity contribution in [3.05, 3.63) is 58.8 Å². The lowest BCUT2D eigenvalue weighted by Gasteiger charge is -2.36. The molecule has 0 amide bonds. The number of anilines is 1. The Balaban J connectivity index is 1.44. The van der Waals surface area contributed by atoms with Crippen molar-refractivity contribution < 1.29 is 0 Å². The third-order valence-electron chi connectivity index (χ3n) is 4.35. The highest BCUT2D eigenvalue weighted by Crippen LogP contribution is 2.15. The Hall–Kier alpha value is -2.14. The van der Waals surface area contributed by atoms with Crippen molar-refractivity contribution in [1.29, 1.82) is 0 Å². The van der Waals surface area contributed by atoms with Crippen molar-refractivity contribution in [3.8, 4) is 0 Å². The summed E-state index contributed by atoms with van der Waals surface area (Å²) < 4.78 is 1.72. The zero-order chi connectivity index (χ0) is 16.1. The van der Waals surface area contributed by atoms with E-state index in [1.165, 1.54) is 5.69 Å². The second-order valence-electron chi connectivity index (χ2n) is 6.13. The van der Waals surface area contributed by atoms with Crippen LogP contribution in [0.15, 0.2) is 47.5 Å². The number of hydrogen-bond donors (Lipinski definition) is 0. The Morgan fingerprint density at radius 2 is 1.78 bits per heavy atom. The van der Waals surface area contributed by atoms with Crippen molar-refractivity contribution in [2.24, 2.45) is 0 Å². The Morgan fingerprint density at radius 3 is 2.52 bits per heavy atom. The van der Waals surface area contributed by atoms with Crippen LogP contribution < -0.4 is 10.6 Å². The molecule has 1 saturated heterocycles. The lowest BCUT2D eigenvalue weighted by Crippen LogP contribution is -2.46. The van der Waals surface area contributed by atoms with Gasteiger partial charge in [0.25, 0.3) is 0 Å². The highest BCUT2D eigenvalue weighted by molar-refractivity contribution is 5.46. The van der Waals surface area contributed by atoms with Crippen molar-refractivity contribution in [2.45, 2.75) is 19.9 Å². The average molecular weight is 312 g/mol. The van der Waals surface area contributed by atoms with E-state index in [0.717, 1.165) is 51.3 Å². The van der Waals surface area contributed by atoms with Gasteiger partial charge in [-0.2, -0.15) is 0 Å². The van der Waals surface area contributed by atoms with Gasteiger partial charge in [0, 0.05) is 50.8 Å². The average Bonchev–Trinajstić information content (AvgIpc) is 2.59. The minimum absolute atomic E-state index is 0.149. The van der Waals surface area contributed by atoms with Gasteiger partial charge in [-0.1, -0.05) is 18.2 Å². The van der Waals surface area contributed by atoms with Gasteiger partial charge in [-0.3, -0.25) is 9.47 Å². The van der Waals surface area contributed by atoms with Crippen LogP contribution in [-0.4, -0.2) is 47.2 Å². The first-order chi connectivity index (χ1) is 11.2. The fourth-order valence-electron chi connectivity index (χ4n) is 3.06. The molecule has 1 aromatic heterocycles. The Morgan fingerprint density at radius 1 is 1.04 bits per heavy atom. The molecule has 3 rings (SSSR count). The molecule has 1 aliphatic heterocycles. The summed E-state index contributed by atoms with van der Waals surface area (Å²) in [6.45, 7) is 8.03. The second-order valence-corrected chi connectivity index (χ2v) is 6.13. The minimum atomic E-state index is -0.149. The van der Waals surface area contributed by atoms with Crippen LogP contribution in [0.5, 0.6) is 0 Å². The molecule has 1 fully saturated rings. The topological polar surface area (TPSA) is 41.4 Å². The second kappa shape index (κ2) is 7.42. The molecular weight excluding hydrogens is 288 g/mol. The molecule has 2 aromatic rings. The van der Waals surface area contributed by atoms with Gasteiger partial charge in [0.05, 0.1) is 0 Å². The highest BCUT2D eigenvalue weighted by Gasteiger charge is 2.16. The van der Waals surface area contributed by atoms with Crippen molar-refractivity contribution in [2.75, 3.05) is 37.6 Å². The third kappa shape index (κ3) is 4.20. The van der Waals surface area contributed by atoms with Gasteiger partial charge >= 0.3 is 5.69 Å². The third-order valence-corrected chi connectivity index (χ3v) is 4.35. The van der Waals surface area contributed by atoms with Crippen LogP contribution in [0.1, 0.15) is 12.0 Å². The molecule has 0 aliphatic carbocycles. The molecule has 0 saturated carbocycles. The number of hydrogen-bond acceptors (Lipinski definition) is 4. The highest BCUT2D eigenvalue weighted by atomic mass is 16.1. The summed E-state index contributed by atoms with van der Waals surface area (Å²) in [7, 11) is 0. The predicted molar refractivity (Wildman–Crippen MR) is 92.9 cm³/mol. The molecule has 2 heterocycles. The molecular formula is C18H24N4O. The first-order valence-corrected chi connectivity index (χ1v) is 8.28. The van der Waals surface area contributed by atoms with Crippen LogP contribution in [0, 0.1) is 6.92 Å². The molecule has 5 nitrogen and oxygen atoms in total. The molecule has 122 valence electrons. The SMILES string of the molecule is Cc1cnc(=O)n(CCCN2CCN(c3ccccc3)CC2)c1. The van der Waals surface area contributed by atoms with Crippen LogP contribution in [0.25, 0.3) is 0 Å². The van der Waals surface area contributed by atoms with Crippen LogP contribution in [0.2, 0.25) is 0 Å². The lowest BCUT2D eigenvalue weighted by molar-refractivity contribution is 0.250. The number of aryl methyl sites for hydroxylation is 2. The number of benzene rings is 1. The molecule has 0 unspecified atom stereocenters. The first kappa shape index (κ1) is 15.7. The largest absolute Gasteiger partial charge is 0.369 e. The van der Waals surface area contributed by atoms with E-state index < -0.39 is 0 Å². The normalized spacial score (nSPS) is 15.8. The van der Waals surface area contributed by atoms with Crippen molar-refractivity contribution >= 4 is 5.69 Å². The maximum Gasteiger partial charge on any atom is 0.347 e. The van der Waals surface area contributed by atoms with Gasteiger partial charge in [-0.15, -0.1) is 0 Å². The predicted octanol–water partition coefficient (Wildman–Crippen LogP) is 1.76. The van der Waals surface area contributed by atoms with Crippen LogP contribution in [0.4, 0.5) is 5.69 Å². The molecule has 23 heavy (non-hydrogen) atoms. The molecule has 0 atom stereocenters. The standard InChI is InChI=1S/C18H24N4O/c1-16-14-19-18(23)22(15-16)9-5-8-20-10-12-21(13-11-20)17-6-3-2-4-7-17/h2-4,6-7,14-15H,5,8-13H2,1H3. The summed E-state index contributed by atoms with van der Waals surface area (Å²) in [5.41, 5.74) is 2.19. The van der Waals surface area contributed by atoms with E-state index in [-0.39, 0.29) is 5.69 Å². The number of piperazine rings is 1. The number of rotatable bonds is 5. The van der Waals surface area contributed by atoms with Gasteiger partial charge in [0.2, 0.25) is 0 Å². The van der Waals surface area contributed by atoms with Crippen molar-refractivity contribution in [3.63, 3.8) is 0 Å². The van der Waals surface area contributed by atoms with Gasteiger partial charge in [0.1, 0.15) is 0 Å². The zero-order valence-corrected chi connectivity index (χ0v) is 13.7. The van der Waals surface area contributed by atoms with E-state index in [0.29, 0.717) is 0 Å². The molecule has 0 spiro atoms. The molecule has 0 radical (unpaired) electrons. The van der Waals surface area contributed by atoms with E-state index in [2.05, 4.69) is 45.1 Å². The summed E-state index contributed by atoms with van der Waals surface area (Å²) in [5.74, 6) is 0. The number of aromatic nitrogens is 2. The molecule has 5 heteroatoms. The fourth-order valence-corrected chi connectivity index (χ4v) is 3.06. The van der Waals surface area contributed by atoms with Crippen molar-refractivity contribution in [1.82, 2.24) is 14.5 Å². The summed E-state index contributed by atoms with van der Waals surface area (Å²) in [6.07, 6.45) is 4.50. The minimum Gasteiger partial charge on any atom is -0.369 e. The van der Waals surface area contributed by atoms with Crippen LogP contribution in [0.3, 0.4) is 0 Å². The van der Waals surface area contributed by atoms with Crippen LogP contribution in [-0.2, 0) is 6.54 Å². The maximum absolute atomic E-state index is 11.7. The summed E-state index contributed by atoms with van der Waals surface area (Å²) in [5, 5.41) is 0. The Labute approximate surface area is 137 Å². The number of para-hydroxylation sites is 1. The zero-order valence-electron chi connectivity index (χ0n) is 13.7. The maximum atomic E-state index is 11.7. The summed E-state index contributed by atoms with van der Waals surface area (Å²) in [4.78, 5) is 20.5. The smallest absolute Gasteiger partial charge is 0.347 e. The van der Waals surface area contributed by atoms with Crippen LogP contribution >= 0.6 is 0 Å². The van der Waals surface area contributed by atoms with E-state index in [9.17, 15) is 4.79 Å². The van der Waals surface area contributed by atoms with E-state index in [1.807, 2.05) is 13.1 Å². The monoisotopic (exact) mass is 312 g/mol. The van der Waals surface area contributed by atoms with Gasteiger partial charge in [-0.05, 0) is 37.6 Å². The van der Waals surface area contributed by atoms with Gasteiger partial charge in [0.15, 0.2) is 0 Å². The van der Waals surface area contributed by atoms with E-state index >= 15 is 0 Å². The first-order valence-electron chi connectivity index (χ1n) is 8.28. The fraction of sp³-hybridized carbons (Fsp3) is 0.444. The summed E-state index contributed by atoms with van der Waals surface area (Å²) >= 11 is 0. The molecule has 0 N–H and O–H groups in total. The quantitative estimate of drug-likeness (QED) is 0.844. The molecule has 0 bridgehead atoms. The molecule has 1 aromatic carbocycles. The van der Waals surface area contributed by atoms with E-state index in [4.69, 9.17) is 0 Å². The Bertz CT molecular complexity index is 675. The van der Waals surface area contributed by atoms with Gasteiger partial charge < -0.3 is 4.90 Å².